The molecule has 0 aliphatic carbocycles. The molecule has 5 rings (SSSR count). The molecule has 1 aromatic carbocycles. The Balaban J connectivity index is 1.17. The van der Waals surface area contributed by atoms with Crippen molar-refractivity contribution in [1.29, 1.82) is 0 Å². The average Bonchev–Trinajstić information content (AvgIpc) is 2.97. The maximum absolute atomic E-state index is 12.2. The Kier molecular flexibility index (Phi) is 9.52. The topological polar surface area (TPSA) is 125 Å². The summed E-state index contributed by atoms with van der Waals surface area (Å²) in [5, 5.41) is 20.9. The van der Waals surface area contributed by atoms with Crippen molar-refractivity contribution in [2.75, 3.05) is 56.6 Å². The minimum Gasteiger partial charge on any atom is -0.480 e. The van der Waals surface area contributed by atoms with Gasteiger partial charge in [0.15, 0.2) is 0 Å². The van der Waals surface area contributed by atoms with Crippen molar-refractivity contribution in [1.82, 2.24) is 25.2 Å². The van der Waals surface area contributed by atoms with Gasteiger partial charge in [-0.15, -0.1) is 0 Å². The van der Waals surface area contributed by atoms with E-state index in [1.807, 2.05) is 24.3 Å². The Morgan fingerprint density at radius 2 is 2.08 bits per heavy atom. The number of carbonyl (C=O) groups is 1. The molecule has 208 valence electrons. The van der Waals surface area contributed by atoms with Gasteiger partial charge < -0.3 is 30.7 Å². The second kappa shape index (κ2) is 13.6. The lowest BCUT2D eigenvalue weighted by molar-refractivity contribution is -0.138. The third kappa shape index (κ3) is 7.62. The van der Waals surface area contributed by atoms with Gasteiger partial charge in [-0.3, -0.25) is 0 Å². The van der Waals surface area contributed by atoms with Crippen LogP contribution in [-0.2, 0) is 22.4 Å². The summed E-state index contributed by atoms with van der Waals surface area (Å²) in [4.78, 5) is 28.0. The van der Waals surface area contributed by atoms with Crippen LogP contribution < -0.4 is 16.0 Å². The molecule has 3 aromatic rings. The van der Waals surface area contributed by atoms with Gasteiger partial charge in [-0.25, -0.2) is 19.7 Å². The minimum atomic E-state index is -0.885. The van der Waals surface area contributed by atoms with E-state index in [9.17, 15) is 9.90 Å². The summed E-state index contributed by atoms with van der Waals surface area (Å²) in [5.74, 6) is 0.713. The van der Waals surface area contributed by atoms with Gasteiger partial charge in [0, 0.05) is 43.3 Å². The quantitative estimate of drug-likeness (QED) is 0.244. The number of hydrogen-bond donors (Lipinski definition) is 4. The number of nitrogens with zero attached hydrogens (tertiary/aromatic N) is 4. The first kappa shape index (κ1) is 27.2. The molecule has 2 atom stereocenters. The number of fused-ring (bicyclic) bond motifs is 2. The summed E-state index contributed by atoms with van der Waals surface area (Å²) in [7, 11) is 0. The molecule has 10 heteroatoms. The van der Waals surface area contributed by atoms with Crippen molar-refractivity contribution in [3.8, 4) is 0 Å². The van der Waals surface area contributed by atoms with Gasteiger partial charge in [0.2, 0.25) is 0 Å². The number of carboxylic acids is 1. The van der Waals surface area contributed by atoms with Crippen LogP contribution in [-0.4, -0.2) is 88.9 Å². The number of hydrogen-bond acceptors (Lipinski definition) is 9. The maximum Gasteiger partial charge on any atom is 0.326 e. The van der Waals surface area contributed by atoms with E-state index < -0.39 is 12.0 Å². The van der Waals surface area contributed by atoms with Crippen molar-refractivity contribution in [2.24, 2.45) is 0 Å². The standard InChI is InChI=1S/C29H39N7O3/c37-29(38)26(35-28-24-8-1-2-9-25(24)32-20-33-28)12-16-36(18-23-19-39-17-14-30-23)15-4-3-7-22-11-10-21-6-5-13-31-27(21)34-22/h1-2,8-11,20,23,26,30H,3-7,12-19H2,(H,31,34)(H,37,38)(H,32,33,35). The smallest absolute Gasteiger partial charge is 0.326 e. The van der Waals surface area contributed by atoms with Gasteiger partial charge in [-0.05, 0) is 68.8 Å². The third-order valence-electron chi connectivity index (χ3n) is 7.47. The third-order valence-corrected chi connectivity index (χ3v) is 7.47. The van der Waals surface area contributed by atoms with Crippen LogP contribution in [0.25, 0.3) is 10.9 Å². The predicted molar refractivity (Wildman–Crippen MR) is 152 cm³/mol. The monoisotopic (exact) mass is 533 g/mol. The van der Waals surface area contributed by atoms with Crippen LogP contribution in [0.4, 0.5) is 11.6 Å². The Morgan fingerprint density at radius 3 is 2.95 bits per heavy atom. The Bertz CT molecular complexity index is 1230. The molecule has 1 fully saturated rings. The molecule has 0 bridgehead atoms. The Labute approximate surface area is 229 Å². The average molecular weight is 534 g/mol. The second-order valence-corrected chi connectivity index (χ2v) is 10.4. The van der Waals surface area contributed by atoms with E-state index in [4.69, 9.17) is 9.72 Å². The zero-order chi connectivity index (χ0) is 26.9. The van der Waals surface area contributed by atoms with Crippen molar-refractivity contribution in [2.45, 2.75) is 50.6 Å². The fourth-order valence-electron chi connectivity index (χ4n) is 5.35. The van der Waals surface area contributed by atoms with Crippen LogP contribution in [0.5, 0.6) is 0 Å². The number of benzene rings is 1. The SMILES string of the molecule is O=C(O)C(CCN(CCCCc1ccc2c(n1)NCCC2)CC1COCCN1)Nc1ncnc2ccccc12. The highest BCUT2D eigenvalue weighted by Gasteiger charge is 2.22. The van der Waals surface area contributed by atoms with Crippen LogP contribution in [0.1, 0.15) is 36.9 Å². The molecule has 2 aliphatic rings. The number of nitrogens with one attached hydrogen (secondary N) is 3. The van der Waals surface area contributed by atoms with Crippen LogP contribution in [0.3, 0.4) is 0 Å². The maximum atomic E-state index is 12.2. The number of aliphatic carboxylic acids is 1. The van der Waals surface area contributed by atoms with E-state index in [0.717, 1.165) is 80.9 Å². The summed E-state index contributed by atoms with van der Waals surface area (Å²) >= 11 is 0. The Hall–Kier alpha value is -3.34. The van der Waals surface area contributed by atoms with Crippen LogP contribution in [0.2, 0.25) is 0 Å². The highest BCUT2D eigenvalue weighted by atomic mass is 16.5. The number of carboxylic acid groups (broad SMARTS) is 1. The zero-order valence-electron chi connectivity index (χ0n) is 22.4. The predicted octanol–water partition coefficient (Wildman–Crippen LogP) is 2.95. The van der Waals surface area contributed by atoms with E-state index in [0.29, 0.717) is 25.4 Å². The minimum absolute atomic E-state index is 0.245. The molecule has 10 nitrogen and oxygen atoms in total. The first-order valence-electron chi connectivity index (χ1n) is 14.1. The number of morpholine rings is 1. The van der Waals surface area contributed by atoms with Crippen molar-refractivity contribution in [3.63, 3.8) is 0 Å². The van der Waals surface area contributed by atoms with Gasteiger partial charge in [0.1, 0.15) is 24.0 Å². The molecule has 0 amide bonds. The number of anilines is 2. The molecule has 2 aliphatic heterocycles. The lowest BCUT2D eigenvalue weighted by atomic mass is 10.1. The summed E-state index contributed by atoms with van der Waals surface area (Å²) in [6.07, 6.45) is 7.18. The first-order valence-corrected chi connectivity index (χ1v) is 14.1. The first-order chi connectivity index (χ1) is 19.2. The summed E-state index contributed by atoms with van der Waals surface area (Å²) in [6.45, 7) is 5.63. The van der Waals surface area contributed by atoms with Crippen molar-refractivity contribution >= 4 is 28.5 Å². The lowest BCUT2D eigenvalue weighted by Gasteiger charge is -2.31. The van der Waals surface area contributed by atoms with E-state index >= 15 is 0 Å². The molecule has 39 heavy (non-hydrogen) atoms. The molecule has 0 saturated carbocycles. The number of aromatic nitrogens is 3. The van der Waals surface area contributed by atoms with Gasteiger partial charge in [0.05, 0.1) is 18.7 Å². The molecule has 4 heterocycles. The van der Waals surface area contributed by atoms with Crippen LogP contribution in [0, 0.1) is 0 Å². The molecule has 0 radical (unpaired) electrons. The van der Waals surface area contributed by atoms with Gasteiger partial charge in [0.25, 0.3) is 0 Å². The van der Waals surface area contributed by atoms with E-state index in [1.165, 1.54) is 18.3 Å². The van der Waals surface area contributed by atoms with E-state index in [-0.39, 0.29) is 6.04 Å². The molecule has 0 spiro atoms. The molecular weight excluding hydrogens is 494 g/mol. The molecule has 2 aromatic heterocycles. The lowest BCUT2D eigenvalue weighted by Crippen LogP contribution is -2.49. The molecule has 1 saturated heterocycles. The van der Waals surface area contributed by atoms with Crippen LogP contribution in [0.15, 0.2) is 42.7 Å². The molecular formula is C29H39N7O3. The number of pyridine rings is 1. The zero-order valence-corrected chi connectivity index (χ0v) is 22.4. The highest BCUT2D eigenvalue weighted by Crippen LogP contribution is 2.21. The second-order valence-electron chi connectivity index (χ2n) is 10.4. The van der Waals surface area contributed by atoms with Gasteiger partial charge >= 0.3 is 5.97 Å². The van der Waals surface area contributed by atoms with Gasteiger partial charge in [-0.2, -0.15) is 0 Å². The number of para-hydroxylation sites is 1. The fourth-order valence-corrected chi connectivity index (χ4v) is 5.35. The van der Waals surface area contributed by atoms with E-state index in [1.54, 1.807) is 0 Å². The van der Waals surface area contributed by atoms with E-state index in [2.05, 4.69) is 43.0 Å². The van der Waals surface area contributed by atoms with Crippen LogP contribution >= 0.6 is 0 Å². The van der Waals surface area contributed by atoms with Crippen molar-refractivity contribution in [3.05, 3.63) is 54.0 Å². The molecule has 4 N–H and O–H groups in total. The number of rotatable bonds is 13. The fraction of sp³-hybridized carbons (Fsp3) is 0.517. The van der Waals surface area contributed by atoms with Gasteiger partial charge in [-0.1, -0.05) is 18.2 Å². The largest absolute Gasteiger partial charge is 0.480 e. The Morgan fingerprint density at radius 1 is 1.15 bits per heavy atom. The normalized spacial score (nSPS) is 17.9. The molecule has 2 unspecified atom stereocenters. The highest BCUT2D eigenvalue weighted by molar-refractivity contribution is 5.90. The summed E-state index contributed by atoms with van der Waals surface area (Å²) in [6, 6.07) is 11.5. The summed E-state index contributed by atoms with van der Waals surface area (Å²) in [5.41, 5.74) is 3.23. The number of ether oxygens (including phenoxy) is 1. The summed E-state index contributed by atoms with van der Waals surface area (Å²) < 4.78 is 5.67. The number of unbranched alkanes of at least 4 members (excludes halogenated alkanes) is 1. The number of aryl methyl sites for hydroxylation is 2. The van der Waals surface area contributed by atoms with Crippen molar-refractivity contribution < 1.29 is 14.6 Å².